The van der Waals surface area contributed by atoms with Gasteiger partial charge in [-0.05, 0) is 24.8 Å². The molecule has 0 spiro atoms. The highest BCUT2D eigenvalue weighted by atomic mass is 32.2. The minimum absolute atomic E-state index is 0.619. The van der Waals surface area contributed by atoms with E-state index < -0.39 is 0 Å². The number of methoxy groups -OCH3 is 1. The molecule has 0 bridgehead atoms. The molecule has 4 heteroatoms. The highest BCUT2D eigenvalue weighted by molar-refractivity contribution is 7.98. The maximum absolute atomic E-state index is 5.16. The lowest BCUT2D eigenvalue weighted by atomic mass is 10.2. The lowest BCUT2D eigenvalue weighted by molar-refractivity contribution is 0.427. The predicted molar refractivity (Wildman–Crippen MR) is 70.2 cm³/mol. The number of thiophene rings is 1. The van der Waals surface area contributed by atoms with Crippen LogP contribution in [0.1, 0.15) is 18.2 Å². The van der Waals surface area contributed by atoms with Gasteiger partial charge in [-0.15, -0.1) is 11.3 Å². The van der Waals surface area contributed by atoms with Crippen LogP contribution in [-0.4, -0.2) is 25.2 Å². The summed E-state index contributed by atoms with van der Waals surface area (Å²) in [6, 6.07) is 4.77. The van der Waals surface area contributed by atoms with Crippen LogP contribution in [0.3, 0.4) is 0 Å². The van der Waals surface area contributed by atoms with Crippen LogP contribution >= 0.6 is 23.1 Å². The molecule has 86 valence electrons. The Labute approximate surface area is 100 Å². The van der Waals surface area contributed by atoms with Gasteiger partial charge in [-0.2, -0.15) is 11.8 Å². The summed E-state index contributed by atoms with van der Waals surface area (Å²) in [5, 5.41) is 4.55. The molecular weight excluding hydrogens is 226 g/mol. The highest BCUT2D eigenvalue weighted by Crippen LogP contribution is 2.23. The van der Waals surface area contributed by atoms with E-state index in [1.165, 1.54) is 17.1 Å². The molecule has 1 unspecified atom stereocenters. The maximum Gasteiger partial charge on any atom is 0.173 e. The molecule has 0 saturated heterocycles. The Balaban J connectivity index is 2.34. The van der Waals surface area contributed by atoms with Crippen molar-refractivity contribution in [2.24, 2.45) is 0 Å². The van der Waals surface area contributed by atoms with E-state index in [1.807, 2.05) is 17.8 Å². The van der Waals surface area contributed by atoms with Gasteiger partial charge in [-0.3, -0.25) is 0 Å². The van der Waals surface area contributed by atoms with Crippen molar-refractivity contribution >= 4 is 23.1 Å². The molecule has 1 N–H and O–H groups in total. The van der Waals surface area contributed by atoms with Gasteiger partial charge < -0.3 is 10.1 Å². The Hall–Kier alpha value is -0.190. The van der Waals surface area contributed by atoms with Crippen LogP contribution in [0.25, 0.3) is 0 Å². The monoisotopic (exact) mass is 245 g/mol. The molecule has 1 rings (SSSR count). The van der Waals surface area contributed by atoms with Crippen LogP contribution < -0.4 is 10.1 Å². The Morgan fingerprint density at radius 1 is 1.53 bits per heavy atom. The van der Waals surface area contributed by atoms with Gasteiger partial charge in [0, 0.05) is 23.2 Å². The van der Waals surface area contributed by atoms with Gasteiger partial charge in [0.05, 0.1) is 7.11 Å². The molecule has 0 aliphatic heterocycles. The number of ether oxygens (including phenoxy) is 1. The van der Waals surface area contributed by atoms with Crippen molar-refractivity contribution in [3.05, 3.63) is 17.0 Å². The summed E-state index contributed by atoms with van der Waals surface area (Å²) in [6.07, 6.45) is 3.34. The van der Waals surface area contributed by atoms with Crippen molar-refractivity contribution in [2.75, 3.05) is 19.1 Å². The summed E-state index contributed by atoms with van der Waals surface area (Å²) in [4.78, 5) is 1.34. The third kappa shape index (κ3) is 4.45. The fourth-order valence-electron chi connectivity index (χ4n) is 1.33. The molecule has 0 aliphatic rings. The number of hydrogen-bond donors (Lipinski definition) is 1. The first-order chi connectivity index (χ1) is 7.30. The average Bonchev–Trinajstić information content (AvgIpc) is 2.72. The van der Waals surface area contributed by atoms with Crippen LogP contribution in [0.5, 0.6) is 5.06 Å². The summed E-state index contributed by atoms with van der Waals surface area (Å²) < 4.78 is 5.16. The van der Waals surface area contributed by atoms with E-state index in [-0.39, 0.29) is 0 Å². The van der Waals surface area contributed by atoms with Crippen molar-refractivity contribution in [3.63, 3.8) is 0 Å². The fourth-order valence-corrected chi connectivity index (χ4v) is 2.86. The summed E-state index contributed by atoms with van der Waals surface area (Å²) in [6.45, 7) is 3.18. The lowest BCUT2D eigenvalue weighted by Gasteiger charge is -2.14. The van der Waals surface area contributed by atoms with E-state index in [0.717, 1.165) is 11.6 Å². The summed E-state index contributed by atoms with van der Waals surface area (Å²) in [5.41, 5.74) is 0. The summed E-state index contributed by atoms with van der Waals surface area (Å²) >= 11 is 3.61. The van der Waals surface area contributed by atoms with E-state index >= 15 is 0 Å². The van der Waals surface area contributed by atoms with Crippen LogP contribution in [0.4, 0.5) is 0 Å². The van der Waals surface area contributed by atoms with Gasteiger partial charge in [0.25, 0.3) is 0 Å². The Bertz CT molecular complexity index is 275. The van der Waals surface area contributed by atoms with Crippen LogP contribution in [0.2, 0.25) is 0 Å². The molecular formula is C11H19NOS2. The standard InChI is InChI=1S/C11H19NOS2/c1-4-9(8-14-3)12-7-10-5-6-11(13-2)15-10/h5-6,9,12H,4,7-8H2,1-3H3. The maximum atomic E-state index is 5.16. The highest BCUT2D eigenvalue weighted by Gasteiger charge is 2.05. The second-order valence-electron chi connectivity index (χ2n) is 3.37. The number of hydrogen-bond acceptors (Lipinski definition) is 4. The molecule has 0 fully saturated rings. The molecule has 0 amide bonds. The second-order valence-corrected chi connectivity index (χ2v) is 5.41. The van der Waals surface area contributed by atoms with Gasteiger partial charge in [-0.1, -0.05) is 6.92 Å². The minimum atomic E-state index is 0.619. The van der Waals surface area contributed by atoms with E-state index in [1.54, 1.807) is 18.4 Å². The number of rotatable bonds is 7. The zero-order valence-electron chi connectivity index (χ0n) is 9.58. The van der Waals surface area contributed by atoms with Crippen molar-refractivity contribution in [1.29, 1.82) is 0 Å². The Morgan fingerprint density at radius 3 is 2.87 bits per heavy atom. The van der Waals surface area contributed by atoms with Crippen molar-refractivity contribution in [1.82, 2.24) is 5.32 Å². The zero-order chi connectivity index (χ0) is 11.1. The van der Waals surface area contributed by atoms with E-state index in [4.69, 9.17) is 4.74 Å². The van der Waals surface area contributed by atoms with Crippen molar-refractivity contribution < 1.29 is 4.74 Å². The summed E-state index contributed by atoms with van der Waals surface area (Å²) in [5.74, 6) is 1.18. The number of nitrogens with one attached hydrogen (secondary N) is 1. The zero-order valence-corrected chi connectivity index (χ0v) is 11.2. The van der Waals surface area contributed by atoms with Gasteiger partial charge in [0.15, 0.2) is 5.06 Å². The topological polar surface area (TPSA) is 21.3 Å². The summed E-state index contributed by atoms with van der Waals surface area (Å²) in [7, 11) is 1.71. The molecule has 15 heavy (non-hydrogen) atoms. The first-order valence-corrected chi connectivity index (χ1v) is 7.36. The van der Waals surface area contributed by atoms with E-state index in [2.05, 4.69) is 24.6 Å². The largest absolute Gasteiger partial charge is 0.487 e. The van der Waals surface area contributed by atoms with Gasteiger partial charge >= 0.3 is 0 Å². The first-order valence-electron chi connectivity index (χ1n) is 5.15. The third-order valence-corrected chi connectivity index (χ3v) is 4.05. The third-order valence-electron chi connectivity index (χ3n) is 2.26. The fraction of sp³-hybridized carbons (Fsp3) is 0.636. The van der Waals surface area contributed by atoms with E-state index in [0.29, 0.717) is 6.04 Å². The molecule has 1 aromatic rings. The normalized spacial score (nSPS) is 12.7. The van der Waals surface area contributed by atoms with Crippen molar-refractivity contribution in [3.8, 4) is 5.06 Å². The SMILES string of the molecule is CCC(CSC)NCc1ccc(OC)s1. The first kappa shape index (κ1) is 12.9. The number of thioether (sulfide) groups is 1. The molecule has 2 nitrogen and oxygen atoms in total. The average molecular weight is 245 g/mol. The molecule has 1 heterocycles. The minimum Gasteiger partial charge on any atom is -0.487 e. The van der Waals surface area contributed by atoms with Crippen LogP contribution in [0.15, 0.2) is 12.1 Å². The second kappa shape index (κ2) is 7.14. The molecule has 0 saturated carbocycles. The molecule has 0 aliphatic carbocycles. The molecule has 0 radical (unpaired) electrons. The predicted octanol–water partition coefficient (Wildman–Crippen LogP) is 2.99. The Morgan fingerprint density at radius 2 is 2.33 bits per heavy atom. The van der Waals surface area contributed by atoms with Gasteiger partial charge in [0.1, 0.15) is 0 Å². The van der Waals surface area contributed by atoms with Gasteiger partial charge in [0.2, 0.25) is 0 Å². The molecule has 1 aromatic heterocycles. The van der Waals surface area contributed by atoms with Crippen LogP contribution in [-0.2, 0) is 6.54 Å². The van der Waals surface area contributed by atoms with Crippen LogP contribution in [0, 0.1) is 0 Å². The molecule has 1 atom stereocenters. The smallest absolute Gasteiger partial charge is 0.173 e. The van der Waals surface area contributed by atoms with Gasteiger partial charge in [-0.25, -0.2) is 0 Å². The van der Waals surface area contributed by atoms with E-state index in [9.17, 15) is 0 Å². The Kier molecular flexibility index (Phi) is 6.13. The van der Waals surface area contributed by atoms with Crippen molar-refractivity contribution in [2.45, 2.75) is 25.9 Å². The molecule has 0 aromatic carbocycles. The lowest BCUT2D eigenvalue weighted by Crippen LogP contribution is -2.29. The quantitative estimate of drug-likeness (QED) is 0.798.